The van der Waals surface area contributed by atoms with Gasteiger partial charge in [-0.05, 0) is 24.5 Å². The van der Waals surface area contributed by atoms with Crippen molar-refractivity contribution in [3.63, 3.8) is 0 Å². The summed E-state index contributed by atoms with van der Waals surface area (Å²) in [5.41, 5.74) is 0.253. The second-order valence-corrected chi connectivity index (χ2v) is 5.53. The molecule has 1 saturated heterocycles. The van der Waals surface area contributed by atoms with Gasteiger partial charge < -0.3 is 10.2 Å². The molecule has 1 N–H and O–H groups in total. The first-order chi connectivity index (χ1) is 10.0. The molecule has 1 aromatic rings. The molecule has 0 aromatic heterocycles. The fourth-order valence-electron chi connectivity index (χ4n) is 2.74. The van der Waals surface area contributed by atoms with Gasteiger partial charge in [0.2, 0.25) is 5.91 Å². The molecule has 1 fully saturated rings. The first-order valence-corrected chi connectivity index (χ1v) is 7.51. The number of rotatable bonds is 4. The van der Waals surface area contributed by atoms with E-state index in [1.54, 1.807) is 0 Å². The smallest absolute Gasteiger partial charge is 0.227 e. The molecule has 1 heterocycles. The number of nitrogens with one attached hydrogen (secondary N) is 1. The van der Waals surface area contributed by atoms with Crippen LogP contribution in [0.5, 0.6) is 0 Å². The van der Waals surface area contributed by atoms with Crippen molar-refractivity contribution in [3.8, 4) is 0 Å². The van der Waals surface area contributed by atoms with E-state index < -0.39 is 11.6 Å². The number of carbonyl (C=O) groups excluding carboxylic acids is 1. The topological polar surface area (TPSA) is 32.3 Å². The van der Waals surface area contributed by atoms with Crippen molar-refractivity contribution >= 4 is 5.91 Å². The highest BCUT2D eigenvalue weighted by atomic mass is 19.1. The molecule has 5 heteroatoms. The van der Waals surface area contributed by atoms with Crippen LogP contribution >= 0.6 is 0 Å². The lowest BCUT2D eigenvalue weighted by molar-refractivity contribution is -0.134. The van der Waals surface area contributed by atoms with E-state index in [0.717, 1.165) is 25.5 Å². The van der Waals surface area contributed by atoms with Crippen LogP contribution in [0.4, 0.5) is 8.78 Å². The summed E-state index contributed by atoms with van der Waals surface area (Å²) in [5, 5.41) is 3.42. The Morgan fingerprint density at radius 2 is 2.10 bits per heavy atom. The van der Waals surface area contributed by atoms with Gasteiger partial charge in [0.15, 0.2) is 0 Å². The predicted octanol–water partition coefficient (Wildman–Crippen LogP) is 2.50. The van der Waals surface area contributed by atoms with E-state index >= 15 is 0 Å². The maximum atomic E-state index is 13.7. The lowest BCUT2D eigenvalue weighted by Crippen LogP contribution is -2.58. The van der Waals surface area contributed by atoms with Crippen LogP contribution in [0.1, 0.15) is 32.3 Å². The van der Waals surface area contributed by atoms with Crippen molar-refractivity contribution in [1.29, 1.82) is 0 Å². The van der Waals surface area contributed by atoms with Crippen LogP contribution in [-0.4, -0.2) is 36.0 Å². The number of amides is 1. The molecule has 116 valence electrons. The van der Waals surface area contributed by atoms with Gasteiger partial charge in [0, 0.05) is 31.2 Å². The Balaban J connectivity index is 2.09. The van der Waals surface area contributed by atoms with Crippen LogP contribution in [0.15, 0.2) is 18.2 Å². The number of piperazine rings is 1. The Kier molecular flexibility index (Phi) is 5.28. The van der Waals surface area contributed by atoms with Crippen LogP contribution in [0.3, 0.4) is 0 Å². The predicted molar refractivity (Wildman–Crippen MR) is 77.9 cm³/mol. The minimum Gasteiger partial charge on any atom is -0.337 e. The second kappa shape index (κ2) is 6.98. The van der Waals surface area contributed by atoms with Gasteiger partial charge in [0.05, 0.1) is 6.42 Å². The third-order valence-electron chi connectivity index (χ3n) is 4.14. The minimum atomic E-state index is -0.654. The van der Waals surface area contributed by atoms with Crippen molar-refractivity contribution in [3.05, 3.63) is 35.4 Å². The number of carbonyl (C=O) groups is 1. The van der Waals surface area contributed by atoms with Crippen LogP contribution in [0, 0.1) is 11.6 Å². The van der Waals surface area contributed by atoms with E-state index in [4.69, 9.17) is 0 Å². The van der Waals surface area contributed by atoms with Crippen LogP contribution in [0.25, 0.3) is 0 Å². The first-order valence-electron chi connectivity index (χ1n) is 7.51. The number of hydrogen-bond donors (Lipinski definition) is 1. The zero-order valence-corrected chi connectivity index (χ0v) is 12.5. The molecule has 1 aliphatic rings. The van der Waals surface area contributed by atoms with Gasteiger partial charge in [-0.1, -0.05) is 19.9 Å². The highest BCUT2D eigenvalue weighted by Crippen LogP contribution is 2.16. The van der Waals surface area contributed by atoms with Crippen LogP contribution in [-0.2, 0) is 11.2 Å². The highest BCUT2D eigenvalue weighted by molar-refractivity contribution is 5.79. The Morgan fingerprint density at radius 3 is 2.71 bits per heavy atom. The average molecular weight is 296 g/mol. The largest absolute Gasteiger partial charge is 0.337 e. The normalized spacial score (nSPS) is 22.4. The lowest BCUT2D eigenvalue weighted by atomic mass is 10.0. The van der Waals surface area contributed by atoms with Crippen molar-refractivity contribution in [2.45, 2.75) is 45.2 Å². The molecule has 2 unspecified atom stereocenters. The third kappa shape index (κ3) is 3.79. The standard InChI is InChI=1S/C16H22F2N2O/c1-3-13-10-20(14(4-2)9-19-13)16(21)7-11-5-6-12(17)8-15(11)18/h5-6,8,13-14,19H,3-4,7,9-10H2,1-2H3. The van der Waals surface area contributed by atoms with Gasteiger partial charge in [-0.3, -0.25) is 4.79 Å². The molecule has 0 aliphatic carbocycles. The second-order valence-electron chi connectivity index (χ2n) is 5.53. The van der Waals surface area contributed by atoms with Gasteiger partial charge in [-0.15, -0.1) is 0 Å². The summed E-state index contributed by atoms with van der Waals surface area (Å²) in [6, 6.07) is 3.80. The van der Waals surface area contributed by atoms with Gasteiger partial charge in [0.1, 0.15) is 11.6 Å². The number of nitrogens with zero attached hydrogens (tertiary/aromatic N) is 1. The molecule has 1 amide bonds. The summed E-state index contributed by atoms with van der Waals surface area (Å²) in [5.74, 6) is -1.37. The van der Waals surface area contributed by atoms with Gasteiger partial charge in [0.25, 0.3) is 0 Å². The maximum absolute atomic E-state index is 13.7. The van der Waals surface area contributed by atoms with E-state index in [1.165, 1.54) is 12.1 Å². The van der Waals surface area contributed by atoms with Crippen molar-refractivity contribution < 1.29 is 13.6 Å². The van der Waals surface area contributed by atoms with E-state index in [0.29, 0.717) is 6.54 Å². The third-order valence-corrected chi connectivity index (χ3v) is 4.14. The maximum Gasteiger partial charge on any atom is 0.227 e. The molecule has 2 atom stereocenters. The van der Waals surface area contributed by atoms with Crippen LogP contribution < -0.4 is 5.32 Å². The van der Waals surface area contributed by atoms with Gasteiger partial charge in [-0.25, -0.2) is 8.78 Å². The zero-order valence-electron chi connectivity index (χ0n) is 12.5. The number of hydrogen-bond acceptors (Lipinski definition) is 2. The molecular formula is C16H22F2N2O. The average Bonchev–Trinajstić information content (AvgIpc) is 2.49. The Hall–Kier alpha value is -1.49. The number of halogens is 2. The monoisotopic (exact) mass is 296 g/mol. The fraction of sp³-hybridized carbons (Fsp3) is 0.562. The Bertz CT molecular complexity index is 507. The van der Waals surface area contributed by atoms with E-state index in [2.05, 4.69) is 12.2 Å². The molecule has 3 nitrogen and oxygen atoms in total. The SMILES string of the molecule is CCC1CN(C(=O)Cc2ccc(F)cc2F)C(CC)CN1. The van der Waals surface area contributed by atoms with Crippen molar-refractivity contribution in [1.82, 2.24) is 10.2 Å². The molecule has 1 aliphatic heterocycles. The first kappa shape index (κ1) is 15.9. The van der Waals surface area contributed by atoms with Crippen molar-refractivity contribution in [2.24, 2.45) is 0 Å². The summed E-state index contributed by atoms with van der Waals surface area (Å²) in [6.07, 6.45) is 1.80. The summed E-state index contributed by atoms with van der Waals surface area (Å²) in [4.78, 5) is 14.3. The zero-order chi connectivity index (χ0) is 15.4. The highest BCUT2D eigenvalue weighted by Gasteiger charge is 2.29. The Morgan fingerprint density at radius 1 is 1.33 bits per heavy atom. The molecule has 1 aromatic carbocycles. The molecule has 2 rings (SSSR count). The summed E-state index contributed by atoms with van der Waals surface area (Å²) >= 11 is 0. The molecular weight excluding hydrogens is 274 g/mol. The quantitative estimate of drug-likeness (QED) is 0.926. The van der Waals surface area contributed by atoms with Gasteiger partial charge >= 0.3 is 0 Å². The fourth-order valence-corrected chi connectivity index (χ4v) is 2.74. The van der Waals surface area contributed by atoms with E-state index in [-0.39, 0.29) is 30.0 Å². The summed E-state index contributed by atoms with van der Waals surface area (Å²) in [6.45, 7) is 5.53. The molecule has 0 radical (unpaired) electrons. The minimum absolute atomic E-state index is 0.0148. The van der Waals surface area contributed by atoms with Gasteiger partial charge in [-0.2, -0.15) is 0 Å². The molecule has 0 saturated carbocycles. The molecule has 0 bridgehead atoms. The van der Waals surface area contributed by atoms with Crippen LogP contribution in [0.2, 0.25) is 0 Å². The summed E-state index contributed by atoms with van der Waals surface area (Å²) < 4.78 is 26.6. The van der Waals surface area contributed by atoms with E-state index in [9.17, 15) is 13.6 Å². The summed E-state index contributed by atoms with van der Waals surface area (Å²) in [7, 11) is 0. The molecule has 21 heavy (non-hydrogen) atoms. The Labute approximate surface area is 124 Å². The molecule has 0 spiro atoms. The van der Waals surface area contributed by atoms with E-state index in [1.807, 2.05) is 11.8 Å². The number of benzene rings is 1. The lowest BCUT2D eigenvalue weighted by Gasteiger charge is -2.40. The van der Waals surface area contributed by atoms with Crippen molar-refractivity contribution in [2.75, 3.05) is 13.1 Å².